The minimum atomic E-state index is -4.40. The molecule has 0 aromatic heterocycles. The number of thioether (sulfide) groups is 1. The van der Waals surface area contributed by atoms with Crippen molar-refractivity contribution < 1.29 is 37.0 Å². The van der Waals surface area contributed by atoms with Crippen molar-refractivity contribution in [1.82, 2.24) is 0 Å². The molecule has 0 aliphatic heterocycles. The van der Waals surface area contributed by atoms with Crippen molar-refractivity contribution in [2.75, 3.05) is 13.7 Å². The van der Waals surface area contributed by atoms with E-state index in [0.717, 1.165) is 14.7 Å². The Morgan fingerprint density at radius 2 is 1.38 bits per heavy atom. The quantitative estimate of drug-likeness (QED) is 0.103. The predicted octanol–water partition coefficient (Wildman–Crippen LogP) is 8.04. The summed E-state index contributed by atoms with van der Waals surface area (Å²) >= 11 is -0.227. The van der Waals surface area contributed by atoms with Crippen molar-refractivity contribution in [2.45, 2.75) is 44.5 Å². The number of carbonyl (C=O) groups is 2. The summed E-state index contributed by atoms with van der Waals surface area (Å²) in [7, 11) is 0.968. The highest BCUT2D eigenvalue weighted by molar-refractivity contribution is 8.00. The van der Waals surface area contributed by atoms with Crippen LogP contribution in [0.5, 0.6) is 5.75 Å². The van der Waals surface area contributed by atoms with Gasteiger partial charge >= 0.3 is 17.4 Å². The Morgan fingerprint density at radius 3 is 1.90 bits per heavy atom. The number of halogens is 3. The summed E-state index contributed by atoms with van der Waals surface area (Å²) in [6.45, 7) is 2.56. The van der Waals surface area contributed by atoms with Crippen LogP contribution in [0.4, 0.5) is 13.2 Å². The van der Waals surface area contributed by atoms with Gasteiger partial charge in [0.05, 0.1) is 12.7 Å². The summed E-state index contributed by atoms with van der Waals surface area (Å²) in [5.41, 5.74) is -4.84. The van der Waals surface area contributed by atoms with Crippen molar-refractivity contribution >= 4 is 34.6 Å². The van der Waals surface area contributed by atoms with E-state index < -0.39 is 40.5 Å². The van der Waals surface area contributed by atoms with Gasteiger partial charge in [-0.05, 0) is 79.7 Å². The number of hydrogen-bond donors (Lipinski definition) is 0. The van der Waals surface area contributed by atoms with Gasteiger partial charge in [-0.1, -0.05) is 48.5 Å². The molecular weight excluding hydrogens is 585 g/mol. The number of alkyl halides is 3. The van der Waals surface area contributed by atoms with Crippen molar-refractivity contribution in [3.63, 3.8) is 0 Å². The summed E-state index contributed by atoms with van der Waals surface area (Å²) in [5.74, 6) is -0.917. The molecule has 0 N–H and O–H groups in total. The number of methoxy groups -OCH3 is 1. The molecule has 4 rings (SSSR count). The highest BCUT2D eigenvalue weighted by Gasteiger charge is 2.34. The average Bonchev–Trinajstić information content (AvgIpc) is 2.96. The molecule has 0 aliphatic rings. The first-order chi connectivity index (χ1) is 20.0. The SMILES string of the molecule is COc1ccc(C(=O)OCC(=O)OC(C)(C)c2ccc(SC(F)(F)F)cc2)cc1[S+](c1ccccc1)c1ccccc1. The summed E-state index contributed by atoms with van der Waals surface area (Å²) < 4.78 is 54.3. The first-order valence-corrected chi connectivity index (χ1v) is 14.8. The first kappa shape index (κ1) is 31.1. The van der Waals surface area contributed by atoms with Crippen LogP contribution in [0.3, 0.4) is 0 Å². The third kappa shape index (κ3) is 8.10. The monoisotopic (exact) mass is 613 g/mol. The molecule has 218 valence electrons. The predicted molar refractivity (Wildman–Crippen MR) is 156 cm³/mol. The second-order valence-electron chi connectivity index (χ2n) is 9.43. The molecule has 0 atom stereocenters. The van der Waals surface area contributed by atoms with Crippen LogP contribution >= 0.6 is 11.8 Å². The van der Waals surface area contributed by atoms with Crippen molar-refractivity contribution in [2.24, 2.45) is 0 Å². The topological polar surface area (TPSA) is 61.8 Å². The number of hydrogen-bond acceptors (Lipinski definition) is 6. The second kappa shape index (κ2) is 13.4. The Balaban J connectivity index is 1.48. The lowest BCUT2D eigenvalue weighted by Gasteiger charge is -2.25. The third-order valence-electron chi connectivity index (χ3n) is 6.05. The fraction of sp³-hybridized carbons (Fsp3) is 0.188. The smallest absolute Gasteiger partial charge is 0.446 e. The molecule has 4 aromatic carbocycles. The summed E-state index contributed by atoms with van der Waals surface area (Å²) in [6.07, 6.45) is 0. The fourth-order valence-electron chi connectivity index (χ4n) is 4.11. The molecule has 10 heteroatoms. The molecule has 0 heterocycles. The highest BCUT2D eigenvalue weighted by atomic mass is 32.2. The third-order valence-corrected chi connectivity index (χ3v) is 9.04. The standard InChI is InChI=1S/C32H28F3O5S2/c1-31(2,23-15-17-24(18-16-23)41-32(33,34)35)40-29(36)21-39-30(37)22-14-19-27(38-3)28(20-22)42(25-10-6-4-7-11-25)26-12-8-5-9-13-26/h4-20H,21H2,1-3H3/q+1. The van der Waals surface area contributed by atoms with Gasteiger partial charge in [-0.25, -0.2) is 9.59 Å². The molecule has 0 radical (unpaired) electrons. The van der Waals surface area contributed by atoms with E-state index in [1.807, 2.05) is 60.7 Å². The van der Waals surface area contributed by atoms with Crippen LogP contribution in [0.1, 0.15) is 29.8 Å². The number of ether oxygens (including phenoxy) is 3. The lowest BCUT2D eigenvalue weighted by Crippen LogP contribution is -2.28. The van der Waals surface area contributed by atoms with Crippen LogP contribution in [-0.4, -0.2) is 31.2 Å². The maximum absolute atomic E-state index is 13.0. The maximum atomic E-state index is 13.0. The lowest BCUT2D eigenvalue weighted by atomic mass is 9.98. The number of rotatable bonds is 10. The van der Waals surface area contributed by atoms with E-state index in [1.54, 1.807) is 39.2 Å². The Labute approximate surface area is 249 Å². The number of esters is 2. The summed E-state index contributed by atoms with van der Waals surface area (Å²) in [6, 6.07) is 30.2. The Morgan fingerprint density at radius 1 is 0.810 bits per heavy atom. The Hall–Kier alpha value is -3.89. The van der Waals surface area contributed by atoms with Gasteiger partial charge in [-0.15, -0.1) is 0 Å². The molecule has 0 spiro atoms. The average molecular weight is 614 g/mol. The van der Waals surface area contributed by atoms with E-state index in [2.05, 4.69) is 0 Å². The van der Waals surface area contributed by atoms with Gasteiger partial charge in [-0.2, -0.15) is 13.2 Å². The maximum Gasteiger partial charge on any atom is 0.446 e. The molecule has 0 unspecified atom stereocenters. The zero-order valence-corrected chi connectivity index (χ0v) is 24.6. The van der Waals surface area contributed by atoms with Crippen molar-refractivity contribution in [3.05, 3.63) is 114 Å². The van der Waals surface area contributed by atoms with Crippen LogP contribution in [0, 0.1) is 0 Å². The van der Waals surface area contributed by atoms with E-state index in [4.69, 9.17) is 14.2 Å². The molecule has 0 bridgehead atoms. The van der Waals surface area contributed by atoms with Crippen LogP contribution in [-0.2, 0) is 30.8 Å². The molecule has 0 fully saturated rings. The zero-order chi connectivity index (χ0) is 30.3. The highest BCUT2D eigenvalue weighted by Crippen LogP contribution is 2.39. The molecule has 0 saturated heterocycles. The molecule has 4 aromatic rings. The minimum Gasteiger partial charge on any atom is -0.491 e. The fourth-order valence-corrected chi connectivity index (χ4v) is 6.88. The van der Waals surface area contributed by atoms with Crippen molar-refractivity contribution in [1.29, 1.82) is 0 Å². The molecule has 42 heavy (non-hydrogen) atoms. The van der Waals surface area contributed by atoms with E-state index in [9.17, 15) is 22.8 Å². The molecule has 5 nitrogen and oxygen atoms in total. The van der Waals surface area contributed by atoms with E-state index in [0.29, 0.717) is 11.3 Å². The second-order valence-corrected chi connectivity index (χ2v) is 12.6. The van der Waals surface area contributed by atoms with Gasteiger partial charge in [0.15, 0.2) is 22.1 Å². The lowest BCUT2D eigenvalue weighted by molar-refractivity contribution is -0.161. The molecule has 0 aliphatic carbocycles. The zero-order valence-electron chi connectivity index (χ0n) is 23.0. The van der Waals surface area contributed by atoms with Crippen LogP contribution in [0.25, 0.3) is 0 Å². The van der Waals surface area contributed by atoms with Crippen molar-refractivity contribution in [3.8, 4) is 5.75 Å². The molecule has 0 amide bonds. The van der Waals surface area contributed by atoms with Gasteiger partial charge in [0.1, 0.15) is 16.5 Å². The largest absolute Gasteiger partial charge is 0.491 e. The first-order valence-electron chi connectivity index (χ1n) is 12.7. The van der Waals surface area contributed by atoms with Gasteiger partial charge in [0.2, 0.25) is 4.90 Å². The number of carbonyl (C=O) groups excluding carboxylic acids is 2. The van der Waals surface area contributed by atoms with E-state index in [-0.39, 0.29) is 22.2 Å². The Bertz CT molecular complexity index is 1470. The van der Waals surface area contributed by atoms with E-state index in [1.165, 1.54) is 24.3 Å². The number of benzene rings is 4. The Kier molecular flexibility index (Phi) is 9.90. The van der Waals surface area contributed by atoms with Crippen LogP contribution in [0.15, 0.2) is 123 Å². The summed E-state index contributed by atoms with van der Waals surface area (Å²) in [4.78, 5) is 28.5. The summed E-state index contributed by atoms with van der Waals surface area (Å²) in [5, 5.41) is 0. The van der Waals surface area contributed by atoms with E-state index >= 15 is 0 Å². The molecule has 0 saturated carbocycles. The van der Waals surface area contributed by atoms with Gasteiger partial charge in [0, 0.05) is 11.0 Å². The normalized spacial score (nSPS) is 11.7. The minimum absolute atomic E-state index is 0.0172. The van der Waals surface area contributed by atoms with Crippen LogP contribution in [0.2, 0.25) is 0 Å². The van der Waals surface area contributed by atoms with Gasteiger partial charge < -0.3 is 14.2 Å². The van der Waals surface area contributed by atoms with Gasteiger partial charge in [-0.3, -0.25) is 0 Å². The van der Waals surface area contributed by atoms with Gasteiger partial charge in [0.25, 0.3) is 0 Å². The van der Waals surface area contributed by atoms with Crippen LogP contribution < -0.4 is 4.74 Å². The molecular formula is C32H28F3O5S2+.